The Bertz CT molecular complexity index is 857. The summed E-state index contributed by atoms with van der Waals surface area (Å²) < 4.78 is 0. The van der Waals surface area contributed by atoms with Crippen molar-refractivity contribution in [1.82, 2.24) is 0 Å². The number of rotatable bonds is 5. The first-order valence-electron chi connectivity index (χ1n) is 10.3. The van der Waals surface area contributed by atoms with Gasteiger partial charge in [0.2, 0.25) is 0 Å². The Morgan fingerprint density at radius 2 is 1.52 bits per heavy atom. The Kier molecular flexibility index (Phi) is 6.31. The molecule has 138 valence electrons. The molecule has 0 saturated heterocycles. The molecule has 0 aliphatic heterocycles. The highest BCUT2D eigenvalue weighted by Gasteiger charge is 2.25. The topological polar surface area (TPSA) is 47.6 Å². The SMILES string of the molecule is CCCC1CCC(c2ccc(-c3ccc(CC)cc3)c(C#N)c2C#N)CC1. The summed E-state index contributed by atoms with van der Waals surface area (Å²) >= 11 is 0. The van der Waals surface area contributed by atoms with Crippen LogP contribution in [-0.4, -0.2) is 0 Å². The quantitative estimate of drug-likeness (QED) is 0.596. The van der Waals surface area contributed by atoms with Crippen molar-refractivity contribution in [2.24, 2.45) is 5.92 Å². The predicted molar refractivity (Wildman–Crippen MR) is 110 cm³/mol. The van der Waals surface area contributed by atoms with Crippen LogP contribution in [-0.2, 0) is 6.42 Å². The normalized spacial score (nSPS) is 19.3. The summed E-state index contributed by atoms with van der Waals surface area (Å²) in [4.78, 5) is 0. The summed E-state index contributed by atoms with van der Waals surface area (Å²) in [6, 6.07) is 17.2. The lowest BCUT2D eigenvalue weighted by molar-refractivity contribution is 0.308. The lowest BCUT2D eigenvalue weighted by Gasteiger charge is -2.29. The average molecular weight is 357 g/mol. The second kappa shape index (κ2) is 8.88. The van der Waals surface area contributed by atoms with Crippen molar-refractivity contribution in [3.63, 3.8) is 0 Å². The maximum atomic E-state index is 9.85. The van der Waals surface area contributed by atoms with E-state index < -0.39 is 0 Å². The van der Waals surface area contributed by atoms with Crippen LogP contribution in [0, 0.1) is 28.6 Å². The summed E-state index contributed by atoms with van der Waals surface area (Å²) in [7, 11) is 0. The van der Waals surface area contributed by atoms with Gasteiger partial charge in [0.15, 0.2) is 0 Å². The zero-order chi connectivity index (χ0) is 19.2. The van der Waals surface area contributed by atoms with E-state index in [9.17, 15) is 10.5 Å². The molecule has 1 saturated carbocycles. The van der Waals surface area contributed by atoms with Gasteiger partial charge in [-0.15, -0.1) is 0 Å². The Morgan fingerprint density at radius 1 is 0.852 bits per heavy atom. The number of hydrogen-bond donors (Lipinski definition) is 0. The molecule has 0 N–H and O–H groups in total. The summed E-state index contributed by atoms with van der Waals surface area (Å²) in [5.74, 6) is 1.25. The molecule has 0 amide bonds. The molecule has 3 rings (SSSR count). The van der Waals surface area contributed by atoms with Crippen LogP contribution >= 0.6 is 0 Å². The summed E-state index contributed by atoms with van der Waals surface area (Å²) in [5.41, 5.74) is 5.37. The van der Waals surface area contributed by atoms with Crippen LogP contribution in [0.1, 0.15) is 80.5 Å². The van der Waals surface area contributed by atoms with Gasteiger partial charge in [0, 0.05) is 5.56 Å². The smallest absolute Gasteiger partial charge is 0.101 e. The molecule has 2 aromatic carbocycles. The lowest BCUT2D eigenvalue weighted by Crippen LogP contribution is -2.14. The molecule has 2 aromatic rings. The minimum absolute atomic E-state index is 0.413. The van der Waals surface area contributed by atoms with Crippen molar-refractivity contribution in [3.05, 3.63) is 58.7 Å². The Labute approximate surface area is 163 Å². The third kappa shape index (κ3) is 4.06. The highest BCUT2D eigenvalue weighted by Crippen LogP contribution is 2.40. The summed E-state index contributed by atoms with van der Waals surface area (Å²) in [6.45, 7) is 4.39. The maximum absolute atomic E-state index is 9.85. The third-order valence-electron chi connectivity index (χ3n) is 6.12. The first-order chi connectivity index (χ1) is 13.2. The Hall–Kier alpha value is -2.58. The second-order valence-electron chi connectivity index (χ2n) is 7.73. The van der Waals surface area contributed by atoms with Crippen LogP contribution in [0.3, 0.4) is 0 Å². The molecule has 0 radical (unpaired) electrons. The van der Waals surface area contributed by atoms with E-state index >= 15 is 0 Å². The molecule has 0 aromatic heterocycles. The van der Waals surface area contributed by atoms with E-state index in [1.54, 1.807) is 0 Å². The largest absolute Gasteiger partial charge is 0.192 e. The van der Waals surface area contributed by atoms with Crippen molar-refractivity contribution < 1.29 is 0 Å². The van der Waals surface area contributed by atoms with E-state index in [0.29, 0.717) is 17.0 Å². The zero-order valence-electron chi connectivity index (χ0n) is 16.5. The second-order valence-corrected chi connectivity index (χ2v) is 7.73. The third-order valence-corrected chi connectivity index (χ3v) is 6.12. The number of aryl methyl sites for hydroxylation is 1. The van der Waals surface area contributed by atoms with Crippen LogP contribution in [0.5, 0.6) is 0 Å². The van der Waals surface area contributed by atoms with Gasteiger partial charge in [-0.3, -0.25) is 0 Å². The molecule has 0 bridgehead atoms. The van der Waals surface area contributed by atoms with Gasteiger partial charge in [-0.2, -0.15) is 10.5 Å². The fraction of sp³-hybridized carbons (Fsp3) is 0.440. The van der Waals surface area contributed by atoms with Crippen LogP contribution < -0.4 is 0 Å². The highest BCUT2D eigenvalue weighted by atomic mass is 14.3. The van der Waals surface area contributed by atoms with Gasteiger partial charge in [-0.25, -0.2) is 0 Å². The molecule has 0 heterocycles. The van der Waals surface area contributed by atoms with Crippen molar-refractivity contribution in [3.8, 4) is 23.3 Å². The van der Waals surface area contributed by atoms with E-state index in [1.165, 1.54) is 31.2 Å². The molecule has 2 nitrogen and oxygen atoms in total. The van der Waals surface area contributed by atoms with Crippen molar-refractivity contribution in [2.45, 2.75) is 64.7 Å². The molecular formula is C25H28N2. The standard InChI is InChI=1S/C25H28N2/c1-3-5-19-8-12-21(13-9-19)23-15-14-22(24(16-26)25(23)17-27)20-10-6-18(4-2)7-11-20/h6-7,10-11,14-15,19,21H,3-5,8-9,12-13H2,1-2H3. The van der Waals surface area contributed by atoms with E-state index in [2.05, 4.69) is 56.3 Å². The van der Waals surface area contributed by atoms with Gasteiger partial charge in [0.1, 0.15) is 12.1 Å². The zero-order valence-corrected chi connectivity index (χ0v) is 16.5. The molecule has 27 heavy (non-hydrogen) atoms. The van der Waals surface area contributed by atoms with Crippen molar-refractivity contribution >= 4 is 0 Å². The summed E-state index contributed by atoms with van der Waals surface area (Å²) in [5, 5.41) is 19.7. The average Bonchev–Trinajstić information content (AvgIpc) is 2.73. The van der Waals surface area contributed by atoms with Crippen molar-refractivity contribution in [1.29, 1.82) is 10.5 Å². The van der Waals surface area contributed by atoms with E-state index in [1.807, 2.05) is 6.07 Å². The fourth-order valence-corrected chi connectivity index (χ4v) is 4.53. The van der Waals surface area contributed by atoms with Crippen LogP contribution in [0.2, 0.25) is 0 Å². The Morgan fingerprint density at radius 3 is 2.07 bits per heavy atom. The molecular weight excluding hydrogens is 328 g/mol. The first-order valence-corrected chi connectivity index (χ1v) is 10.3. The highest BCUT2D eigenvalue weighted by molar-refractivity contribution is 5.75. The minimum atomic E-state index is 0.413. The number of hydrogen-bond acceptors (Lipinski definition) is 2. The maximum Gasteiger partial charge on any atom is 0.101 e. The van der Waals surface area contributed by atoms with Gasteiger partial charge in [-0.05, 0) is 60.6 Å². The monoisotopic (exact) mass is 356 g/mol. The van der Waals surface area contributed by atoms with Crippen molar-refractivity contribution in [2.75, 3.05) is 0 Å². The van der Waals surface area contributed by atoms with Gasteiger partial charge < -0.3 is 0 Å². The van der Waals surface area contributed by atoms with Gasteiger partial charge in [0.05, 0.1) is 11.1 Å². The van der Waals surface area contributed by atoms with Crippen LogP contribution in [0.25, 0.3) is 11.1 Å². The Balaban J connectivity index is 1.94. The molecule has 0 unspecified atom stereocenters. The first kappa shape index (κ1) is 19.2. The molecule has 1 fully saturated rings. The predicted octanol–water partition coefficient (Wildman–Crippen LogP) is 6.73. The van der Waals surface area contributed by atoms with Crippen LogP contribution in [0.15, 0.2) is 36.4 Å². The molecule has 1 aliphatic rings. The molecule has 1 aliphatic carbocycles. The van der Waals surface area contributed by atoms with E-state index in [-0.39, 0.29) is 0 Å². The molecule has 0 atom stereocenters. The number of benzene rings is 2. The van der Waals surface area contributed by atoms with E-state index in [0.717, 1.165) is 41.9 Å². The molecule has 0 spiro atoms. The van der Waals surface area contributed by atoms with Gasteiger partial charge in [0.25, 0.3) is 0 Å². The van der Waals surface area contributed by atoms with E-state index in [4.69, 9.17) is 0 Å². The lowest BCUT2D eigenvalue weighted by atomic mass is 9.75. The number of nitrogens with zero attached hydrogens (tertiary/aromatic N) is 2. The van der Waals surface area contributed by atoms with Crippen LogP contribution in [0.4, 0.5) is 0 Å². The minimum Gasteiger partial charge on any atom is -0.192 e. The summed E-state index contributed by atoms with van der Waals surface area (Å²) in [6.07, 6.45) is 8.31. The molecule has 2 heteroatoms. The fourth-order valence-electron chi connectivity index (χ4n) is 4.53. The van der Waals surface area contributed by atoms with Gasteiger partial charge in [-0.1, -0.05) is 63.1 Å². The number of nitriles is 2. The van der Waals surface area contributed by atoms with Gasteiger partial charge >= 0.3 is 0 Å².